The summed E-state index contributed by atoms with van der Waals surface area (Å²) >= 11 is 1.12. The third kappa shape index (κ3) is 5.47. The van der Waals surface area contributed by atoms with E-state index in [-0.39, 0.29) is 28.8 Å². The SMILES string of the molecule is C#CCN=C1NC(=O)S/C1=C\C1CCN(Cc2ccc(C#N)cc2C(C)(F)F)CC1. The number of hydrogen-bond donors (Lipinski definition) is 1. The van der Waals surface area contributed by atoms with E-state index >= 15 is 0 Å². The number of benzene rings is 1. The van der Waals surface area contributed by atoms with Crippen LogP contribution in [0, 0.1) is 29.6 Å². The largest absolute Gasteiger partial charge is 0.300 e. The van der Waals surface area contributed by atoms with Crippen LogP contribution in [0.2, 0.25) is 0 Å². The number of aliphatic imine (C=N–C) groups is 1. The summed E-state index contributed by atoms with van der Waals surface area (Å²) in [6.07, 6.45) is 9.01. The lowest BCUT2D eigenvalue weighted by atomic mass is 9.94. The Morgan fingerprint density at radius 2 is 2.17 bits per heavy atom. The molecule has 0 bridgehead atoms. The minimum atomic E-state index is -3.00. The van der Waals surface area contributed by atoms with Gasteiger partial charge in [-0.25, -0.2) is 8.78 Å². The first-order valence-corrected chi connectivity index (χ1v) is 10.4. The van der Waals surface area contributed by atoms with Crippen molar-refractivity contribution in [2.75, 3.05) is 19.6 Å². The molecule has 1 amide bonds. The van der Waals surface area contributed by atoms with Gasteiger partial charge in [-0.1, -0.05) is 18.1 Å². The number of terminal acetylenes is 1. The summed E-state index contributed by atoms with van der Waals surface area (Å²) in [4.78, 5) is 18.8. The molecule has 2 saturated heterocycles. The van der Waals surface area contributed by atoms with Gasteiger partial charge in [0, 0.05) is 19.0 Å². The molecular weight excluding hydrogens is 406 g/mol. The first-order valence-electron chi connectivity index (χ1n) is 9.62. The maximum absolute atomic E-state index is 14.0. The van der Waals surface area contributed by atoms with Crippen LogP contribution in [0.5, 0.6) is 0 Å². The molecule has 2 aliphatic rings. The third-order valence-electron chi connectivity index (χ3n) is 5.11. The number of amidine groups is 1. The molecule has 1 N–H and O–H groups in total. The van der Waals surface area contributed by atoms with Gasteiger partial charge in [0.05, 0.1) is 16.5 Å². The van der Waals surface area contributed by atoms with Gasteiger partial charge >= 0.3 is 0 Å². The van der Waals surface area contributed by atoms with Crippen LogP contribution in [-0.2, 0) is 12.5 Å². The van der Waals surface area contributed by atoms with Crippen LogP contribution in [0.25, 0.3) is 0 Å². The monoisotopic (exact) mass is 428 g/mol. The van der Waals surface area contributed by atoms with Gasteiger partial charge in [-0.05, 0) is 61.3 Å². The van der Waals surface area contributed by atoms with E-state index in [4.69, 9.17) is 11.7 Å². The lowest BCUT2D eigenvalue weighted by Crippen LogP contribution is -2.33. The Morgan fingerprint density at radius 3 is 2.80 bits per heavy atom. The number of likely N-dealkylation sites (tertiary alicyclic amines) is 1. The minimum absolute atomic E-state index is 0.0906. The summed E-state index contributed by atoms with van der Waals surface area (Å²) in [5.41, 5.74) is 0.690. The van der Waals surface area contributed by atoms with Gasteiger partial charge in [-0.15, -0.1) is 6.42 Å². The van der Waals surface area contributed by atoms with E-state index in [1.807, 2.05) is 6.07 Å². The zero-order valence-electron chi connectivity index (χ0n) is 16.6. The first-order chi connectivity index (χ1) is 14.3. The van der Waals surface area contributed by atoms with Gasteiger partial charge in [-0.3, -0.25) is 14.7 Å². The summed E-state index contributed by atoms with van der Waals surface area (Å²) in [6, 6.07) is 6.42. The molecule has 8 heteroatoms. The number of nitriles is 1. The first kappa shape index (κ1) is 22.0. The maximum atomic E-state index is 14.0. The summed E-state index contributed by atoms with van der Waals surface area (Å²) < 4.78 is 28.1. The standard InChI is InChI=1S/C22H22F2N4OS/c1-3-8-26-20-19(30-21(29)27-20)12-15-6-9-28(10-7-15)14-17-5-4-16(13-25)11-18(17)22(2,23)24/h1,4-5,11-12,15H,6-10,14H2,2H3,(H,26,27,29)/b19-12-. The Hall–Kier alpha value is -2.68. The Balaban J connectivity index is 1.65. The van der Waals surface area contributed by atoms with Gasteiger partial charge in [-0.2, -0.15) is 5.26 Å². The summed E-state index contributed by atoms with van der Waals surface area (Å²) in [6.45, 7) is 3.00. The lowest BCUT2D eigenvalue weighted by molar-refractivity contribution is 0.0156. The molecule has 3 rings (SSSR count). The van der Waals surface area contributed by atoms with Crippen molar-refractivity contribution in [2.45, 2.75) is 32.2 Å². The van der Waals surface area contributed by atoms with E-state index in [1.165, 1.54) is 6.07 Å². The van der Waals surface area contributed by atoms with E-state index in [0.29, 0.717) is 17.9 Å². The molecule has 0 aliphatic carbocycles. The molecule has 0 radical (unpaired) electrons. The van der Waals surface area contributed by atoms with E-state index in [0.717, 1.165) is 49.5 Å². The van der Waals surface area contributed by atoms with Crippen LogP contribution in [0.3, 0.4) is 0 Å². The fourth-order valence-electron chi connectivity index (χ4n) is 3.61. The molecule has 1 aromatic carbocycles. The Labute approximate surface area is 179 Å². The Kier molecular flexibility index (Phi) is 6.91. The van der Waals surface area contributed by atoms with Crippen molar-refractivity contribution in [1.82, 2.24) is 10.2 Å². The number of alkyl halides is 2. The quantitative estimate of drug-likeness (QED) is 0.712. The van der Waals surface area contributed by atoms with E-state index in [9.17, 15) is 13.6 Å². The highest BCUT2D eigenvalue weighted by Gasteiger charge is 2.30. The average molecular weight is 429 g/mol. The van der Waals surface area contributed by atoms with Gasteiger partial charge in [0.1, 0.15) is 12.4 Å². The summed E-state index contributed by atoms with van der Waals surface area (Å²) in [5.74, 6) is 0.234. The van der Waals surface area contributed by atoms with Crippen molar-refractivity contribution in [3.63, 3.8) is 0 Å². The van der Waals surface area contributed by atoms with Crippen LogP contribution < -0.4 is 5.32 Å². The number of halogens is 2. The number of nitrogens with one attached hydrogen (secondary N) is 1. The predicted molar refractivity (Wildman–Crippen MR) is 114 cm³/mol. The maximum Gasteiger partial charge on any atom is 0.289 e. The summed E-state index contributed by atoms with van der Waals surface area (Å²) in [7, 11) is 0. The van der Waals surface area contributed by atoms with Crippen molar-refractivity contribution < 1.29 is 13.6 Å². The third-order valence-corrected chi connectivity index (χ3v) is 5.95. The van der Waals surface area contributed by atoms with Crippen molar-refractivity contribution >= 4 is 22.8 Å². The van der Waals surface area contributed by atoms with Gasteiger partial charge < -0.3 is 5.32 Å². The predicted octanol–water partition coefficient (Wildman–Crippen LogP) is 4.25. The topological polar surface area (TPSA) is 68.5 Å². The lowest BCUT2D eigenvalue weighted by Gasteiger charge is -2.31. The molecule has 0 saturated carbocycles. The Bertz CT molecular complexity index is 961. The second-order valence-electron chi connectivity index (χ2n) is 7.40. The van der Waals surface area contributed by atoms with Gasteiger partial charge in [0.25, 0.3) is 11.2 Å². The molecule has 2 heterocycles. The molecule has 156 valence electrons. The molecule has 2 aliphatic heterocycles. The molecule has 2 fully saturated rings. The van der Waals surface area contributed by atoms with E-state index in [2.05, 4.69) is 27.2 Å². The molecule has 0 spiro atoms. The summed E-state index contributed by atoms with van der Waals surface area (Å²) in [5, 5.41) is 11.6. The van der Waals surface area contributed by atoms with Gasteiger partial charge in [0.15, 0.2) is 0 Å². The van der Waals surface area contributed by atoms with Crippen LogP contribution in [0.4, 0.5) is 13.6 Å². The zero-order chi connectivity index (χ0) is 21.7. The molecule has 5 nitrogen and oxygen atoms in total. The number of carbonyl (C=O) groups excluding carboxylic acids is 1. The second kappa shape index (κ2) is 9.42. The Morgan fingerprint density at radius 1 is 1.43 bits per heavy atom. The smallest absolute Gasteiger partial charge is 0.289 e. The highest BCUT2D eigenvalue weighted by atomic mass is 32.2. The van der Waals surface area contributed by atoms with Gasteiger partial charge in [0.2, 0.25) is 0 Å². The molecule has 1 aromatic rings. The highest BCUT2D eigenvalue weighted by molar-refractivity contribution is 8.18. The van der Waals surface area contributed by atoms with Crippen LogP contribution >= 0.6 is 11.8 Å². The number of hydrogen-bond acceptors (Lipinski definition) is 5. The van der Waals surface area contributed by atoms with Crippen molar-refractivity contribution in [3.05, 3.63) is 45.9 Å². The van der Waals surface area contributed by atoms with Crippen molar-refractivity contribution in [3.8, 4) is 18.4 Å². The van der Waals surface area contributed by atoms with Crippen LogP contribution in [-0.4, -0.2) is 35.6 Å². The minimum Gasteiger partial charge on any atom is -0.300 e. The average Bonchev–Trinajstić information content (AvgIpc) is 3.06. The number of allylic oxidation sites excluding steroid dienone is 1. The number of nitrogens with zero attached hydrogens (tertiary/aromatic N) is 3. The van der Waals surface area contributed by atoms with Crippen molar-refractivity contribution in [2.24, 2.45) is 10.9 Å². The fraction of sp³-hybridized carbons (Fsp3) is 0.409. The highest BCUT2D eigenvalue weighted by Crippen LogP contribution is 2.33. The molecule has 0 unspecified atom stereocenters. The van der Waals surface area contributed by atoms with E-state index < -0.39 is 5.92 Å². The zero-order valence-corrected chi connectivity index (χ0v) is 17.4. The number of piperidine rings is 1. The number of amides is 1. The normalized spacial score (nSPS) is 20.9. The van der Waals surface area contributed by atoms with Crippen molar-refractivity contribution in [1.29, 1.82) is 5.26 Å². The number of carbonyl (C=O) groups is 1. The number of thioether (sulfide) groups is 1. The molecule has 0 atom stereocenters. The van der Waals surface area contributed by atoms with Crippen LogP contribution in [0.1, 0.15) is 36.5 Å². The second-order valence-corrected chi connectivity index (χ2v) is 8.41. The van der Waals surface area contributed by atoms with E-state index in [1.54, 1.807) is 12.1 Å². The number of rotatable bonds is 5. The van der Waals surface area contributed by atoms with Crippen LogP contribution in [0.15, 0.2) is 34.2 Å². The molecule has 0 aromatic heterocycles. The fourth-order valence-corrected chi connectivity index (χ4v) is 4.43. The molecular formula is C22H22F2N4OS. The molecule has 30 heavy (non-hydrogen) atoms.